The van der Waals surface area contributed by atoms with Gasteiger partial charge in [-0.2, -0.15) is 0 Å². The lowest BCUT2D eigenvalue weighted by Gasteiger charge is -2.25. The summed E-state index contributed by atoms with van der Waals surface area (Å²) < 4.78 is 24.1. The molecule has 5 rings (SSSR count). The van der Waals surface area contributed by atoms with Gasteiger partial charge in [-0.3, -0.25) is 29.4 Å². The first-order chi connectivity index (χ1) is 16.1. The fourth-order valence-electron chi connectivity index (χ4n) is 3.67. The van der Waals surface area contributed by atoms with E-state index in [1.54, 1.807) is 17.0 Å². The highest BCUT2D eigenvalue weighted by Crippen LogP contribution is 2.36. The van der Waals surface area contributed by atoms with Gasteiger partial charge < -0.3 is 14.5 Å². The van der Waals surface area contributed by atoms with Crippen LogP contribution in [0.25, 0.3) is 11.0 Å². The van der Waals surface area contributed by atoms with E-state index in [1.807, 2.05) is 12.2 Å². The maximum absolute atomic E-state index is 13.5. The summed E-state index contributed by atoms with van der Waals surface area (Å²) in [5, 5.41) is 6.16. The van der Waals surface area contributed by atoms with Crippen molar-refractivity contribution in [2.75, 3.05) is 24.5 Å². The molecule has 11 heteroatoms. The number of carbonyl (C=O) groups excluding carboxylic acids is 4. The van der Waals surface area contributed by atoms with Crippen LogP contribution in [0.5, 0.6) is 0 Å². The minimum atomic E-state index is -0.490. The minimum absolute atomic E-state index is 0. The van der Waals surface area contributed by atoms with Crippen molar-refractivity contribution < 1.29 is 34.1 Å². The summed E-state index contributed by atoms with van der Waals surface area (Å²) in [7, 11) is 0. The van der Waals surface area contributed by atoms with Gasteiger partial charge in [0.15, 0.2) is 17.2 Å². The second kappa shape index (κ2) is 11.6. The summed E-state index contributed by atoms with van der Waals surface area (Å²) in [6, 6.07) is 4.73. The van der Waals surface area contributed by atoms with Crippen LogP contribution in [0.2, 0.25) is 0 Å². The zero-order valence-corrected chi connectivity index (χ0v) is 20.1. The Morgan fingerprint density at radius 3 is 2.21 bits per heavy atom. The Balaban J connectivity index is 0.000000204. The summed E-state index contributed by atoms with van der Waals surface area (Å²) in [5.74, 6) is -1.68. The average Bonchev–Trinajstić information content (AvgIpc) is 3.31. The van der Waals surface area contributed by atoms with E-state index in [-0.39, 0.29) is 36.1 Å². The number of halogens is 1. The molecule has 0 saturated carbocycles. The third-order valence-electron chi connectivity index (χ3n) is 5.11. The summed E-state index contributed by atoms with van der Waals surface area (Å²) >= 11 is 1.29. The number of ketones is 1. The molecule has 4 heterocycles. The maximum atomic E-state index is 13.5. The standard InChI is InChI=1S/C12H10FNO2S.C6H13NO.C5H5NO3.H2/c1-7-5-14(12(15)17-7)10-6-16-11-8(10)3-2-4-9(11)13;1-5-3-7-4-6(2)8-5;7-3-1-4(8)6-5(9)2-3;/h2-4,6-7H,5H2,1H3;5-7H,3-4H2,1-2H3;1-2H2,(H,6,8,9);1H/t7-;5-,6+;;/m1.../s1. The van der Waals surface area contributed by atoms with Crippen LogP contribution in [0.1, 0.15) is 35.0 Å². The van der Waals surface area contributed by atoms with Crippen molar-refractivity contribution in [1.82, 2.24) is 10.6 Å². The number of nitrogens with zero attached hydrogens (tertiary/aromatic N) is 1. The van der Waals surface area contributed by atoms with Crippen LogP contribution in [0, 0.1) is 5.82 Å². The van der Waals surface area contributed by atoms with Crippen LogP contribution in [-0.2, 0) is 19.1 Å². The number of benzene rings is 1. The molecule has 0 unspecified atom stereocenters. The molecule has 0 bridgehead atoms. The number of piperidine rings is 1. The first-order valence-corrected chi connectivity index (χ1v) is 11.9. The number of carbonyl (C=O) groups is 4. The molecule has 9 nitrogen and oxygen atoms in total. The number of ether oxygens (including phenoxy) is 1. The van der Waals surface area contributed by atoms with Gasteiger partial charge in [-0.25, -0.2) is 4.39 Å². The fraction of sp³-hybridized carbons (Fsp3) is 0.478. The van der Waals surface area contributed by atoms with E-state index in [9.17, 15) is 23.6 Å². The predicted octanol–water partition coefficient (Wildman–Crippen LogP) is 3.25. The number of furan rings is 1. The van der Waals surface area contributed by atoms with E-state index >= 15 is 0 Å². The monoisotopic (exact) mass is 495 g/mol. The first-order valence-electron chi connectivity index (χ1n) is 11.0. The highest BCUT2D eigenvalue weighted by Gasteiger charge is 2.31. The minimum Gasteiger partial charge on any atom is -0.459 e. The SMILES string of the molecule is C[C@@H]1CN(c2coc3c(F)cccc23)C(=O)S1.C[C@@H]1CNC[C@H](C)O1.O=C1CC(=O)NC(=O)C1.[HH]. The Kier molecular flexibility index (Phi) is 8.81. The van der Waals surface area contributed by atoms with Gasteiger partial charge in [-0.1, -0.05) is 24.8 Å². The number of fused-ring (bicyclic) bond motifs is 1. The van der Waals surface area contributed by atoms with Gasteiger partial charge in [0.1, 0.15) is 6.26 Å². The van der Waals surface area contributed by atoms with Gasteiger partial charge in [-0.05, 0) is 26.0 Å². The molecule has 1 aromatic carbocycles. The third kappa shape index (κ3) is 6.87. The number of Topliss-reactive ketones (excluding diaryl/α,β-unsaturated/α-hetero) is 1. The molecule has 3 saturated heterocycles. The van der Waals surface area contributed by atoms with E-state index in [0.29, 0.717) is 29.8 Å². The number of para-hydroxylation sites is 1. The molecule has 3 aliphatic rings. The number of imide groups is 1. The number of morpholine rings is 1. The van der Waals surface area contributed by atoms with Crippen LogP contribution in [-0.4, -0.2) is 59.9 Å². The van der Waals surface area contributed by atoms with Crippen molar-refractivity contribution in [3.05, 3.63) is 30.3 Å². The molecule has 0 spiro atoms. The fourth-order valence-corrected chi connectivity index (χ4v) is 4.53. The maximum Gasteiger partial charge on any atom is 0.286 e. The van der Waals surface area contributed by atoms with Crippen molar-refractivity contribution in [2.24, 2.45) is 0 Å². The summed E-state index contributed by atoms with van der Waals surface area (Å²) in [4.78, 5) is 44.5. The number of hydrogen-bond donors (Lipinski definition) is 2. The molecule has 3 amide bonds. The molecule has 3 fully saturated rings. The average molecular weight is 496 g/mol. The molecule has 3 aliphatic heterocycles. The number of thioether (sulfide) groups is 1. The topological polar surface area (TPSA) is 118 Å². The van der Waals surface area contributed by atoms with Crippen LogP contribution < -0.4 is 15.5 Å². The van der Waals surface area contributed by atoms with Gasteiger partial charge in [-0.15, -0.1) is 0 Å². The van der Waals surface area contributed by atoms with Crippen molar-refractivity contribution in [3.8, 4) is 0 Å². The number of rotatable bonds is 1. The van der Waals surface area contributed by atoms with Crippen molar-refractivity contribution in [3.63, 3.8) is 0 Å². The van der Waals surface area contributed by atoms with Gasteiger partial charge in [0.05, 0.1) is 30.7 Å². The summed E-state index contributed by atoms with van der Waals surface area (Å²) in [6.07, 6.45) is 1.96. The molecular formula is C23H30FN3O6S. The van der Waals surface area contributed by atoms with E-state index in [4.69, 9.17) is 9.15 Å². The lowest BCUT2D eigenvalue weighted by Crippen LogP contribution is -2.41. The Morgan fingerprint density at radius 2 is 1.71 bits per heavy atom. The Hall–Kier alpha value is -2.76. The molecule has 1 aromatic heterocycles. The molecule has 0 radical (unpaired) electrons. The summed E-state index contributed by atoms with van der Waals surface area (Å²) in [6.45, 7) is 8.81. The quantitative estimate of drug-likeness (QED) is 0.457. The van der Waals surface area contributed by atoms with Crippen molar-refractivity contribution >= 4 is 51.3 Å². The van der Waals surface area contributed by atoms with Crippen LogP contribution in [0.4, 0.5) is 14.9 Å². The van der Waals surface area contributed by atoms with E-state index in [2.05, 4.69) is 19.2 Å². The van der Waals surface area contributed by atoms with Gasteiger partial charge in [0.25, 0.3) is 5.24 Å². The number of hydrogen-bond acceptors (Lipinski definition) is 8. The number of amides is 3. The molecule has 3 atom stereocenters. The molecule has 34 heavy (non-hydrogen) atoms. The van der Waals surface area contributed by atoms with Crippen LogP contribution in [0.15, 0.2) is 28.9 Å². The Morgan fingerprint density at radius 1 is 1.06 bits per heavy atom. The Bertz CT molecular complexity index is 1030. The van der Waals surface area contributed by atoms with E-state index < -0.39 is 17.6 Å². The zero-order valence-electron chi connectivity index (χ0n) is 19.3. The lowest BCUT2D eigenvalue weighted by molar-refractivity contribution is -0.138. The first kappa shape index (κ1) is 25.9. The smallest absolute Gasteiger partial charge is 0.286 e. The van der Waals surface area contributed by atoms with Gasteiger partial charge >= 0.3 is 0 Å². The molecular weight excluding hydrogens is 465 g/mol. The summed E-state index contributed by atoms with van der Waals surface area (Å²) in [5.41, 5.74) is 0.862. The normalized spacial score (nSPS) is 24.8. The highest BCUT2D eigenvalue weighted by molar-refractivity contribution is 8.14. The second-order valence-corrected chi connectivity index (χ2v) is 9.71. The molecule has 186 valence electrons. The van der Waals surface area contributed by atoms with Crippen molar-refractivity contribution in [2.45, 2.75) is 51.1 Å². The number of nitrogens with one attached hydrogen (secondary N) is 2. The molecule has 2 N–H and O–H groups in total. The lowest BCUT2D eigenvalue weighted by atomic mass is 10.1. The molecule has 2 aromatic rings. The van der Waals surface area contributed by atoms with E-state index in [1.165, 1.54) is 24.1 Å². The van der Waals surface area contributed by atoms with Crippen LogP contribution in [0.3, 0.4) is 0 Å². The highest BCUT2D eigenvalue weighted by atomic mass is 32.2. The Labute approximate surface area is 202 Å². The largest absolute Gasteiger partial charge is 0.459 e. The van der Waals surface area contributed by atoms with Crippen LogP contribution >= 0.6 is 11.8 Å². The molecule has 0 aliphatic carbocycles. The zero-order chi connectivity index (χ0) is 24.8. The predicted molar refractivity (Wildman–Crippen MR) is 128 cm³/mol. The van der Waals surface area contributed by atoms with Crippen molar-refractivity contribution in [1.29, 1.82) is 0 Å². The third-order valence-corrected chi connectivity index (χ3v) is 6.08. The number of anilines is 1. The van der Waals surface area contributed by atoms with Gasteiger partial charge in [0.2, 0.25) is 11.8 Å². The van der Waals surface area contributed by atoms with E-state index in [0.717, 1.165) is 13.1 Å². The van der Waals surface area contributed by atoms with Gasteiger partial charge in [0, 0.05) is 31.7 Å². The second-order valence-electron chi connectivity index (χ2n) is 8.32.